The van der Waals surface area contributed by atoms with Crippen molar-refractivity contribution in [1.82, 2.24) is 0 Å². The van der Waals surface area contributed by atoms with E-state index < -0.39 is 17.8 Å². The number of carbonyl (C=O) groups is 2. The van der Waals surface area contributed by atoms with E-state index in [2.05, 4.69) is 5.16 Å². The van der Waals surface area contributed by atoms with Crippen molar-refractivity contribution in [2.75, 3.05) is 25.2 Å². The number of amides is 1. The van der Waals surface area contributed by atoms with Crippen LogP contribution in [0.5, 0.6) is 11.5 Å². The van der Waals surface area contributed by atoms with Gasteiger partial charge in [-0.05, 0) is 42.2 Å². The molecule has 0 aliphatic heterocycles. The second kappa shape index (κ2) is 10.0. The predicted molar refractivity (Wildman–Crippen MR) is 119 cm³/mol. The maximum absolute atomic E-state index is 12.2. The van der Waals surface area contributed by atoms with E-state index in [0.29, 0.717) is 17.8 Å². The Labute approximate surface area is 186 Å². The minimum Gasteiger partial charge on any atom is -0.507 e. The van der Waals surface area contributed by atoms with Crippen LogP contribution in [0.1, 0.15) is 49.2 Å². The fourth-order valence-electron chi connectivity index (χ4n) is 3.16. The van der Waals surface area contributed by atoms with Crippen molar-refractivity contribution in [3.05, 3.63) is 53.1 Å². The molecule has 32 heavy (non-hydrogen) atoms. The zero-order valence-corrected chi connectivity index (χ0v) is 18.7. The average Bonchev–Trinajstić information content (AvgIpc) is 2.74. The van der Waals surface area contributed by atoms with Crippen LogP contribution < -0.4 is 9.64 Å². The maximum atomic E-state index is 12.2. The molecule has 0 aromatic heterocycles. The molecule has 2 aromatic rings. The van der Waals surface area contributed by atoms with Crippen LogP contribution in [-0.4, -0.2) is 53.5 Å². The zero-order chi connectivity index (χ0) is 24.1. The maximum Gasteiger partial charge on any atom is 0.413 e. The number of rotatable bonds is 7. The summed E-state index contributed by atoms with van der Waals surface area (Å²) in [4.78, 5) is 24.7. The first-order chi connectivity index (χ1) is 15.0. The summed E-state index contributed by atoms with van der Waals surface area (Å²) in [5, 5.41) is 31.7. The first kappa shape index (κ1) is 24.5. The number of carbonyl (C=O) groups excluding carboxylic acids is 1. The Bertz CT molecular complexity index is 1030. The number of nitrogens with zero attached hydrogens (tertiary/aromatic N) is 2. The van der Waals surface area contributed by atoms with Gasteiger partial charge in [0.05, 0.1) is 12.8 Å². The van der Waals surface area contributed by atoms with Crippen molar-refractivity contribution < 1.29 is 34.5 Å². The summed E-state index contributed by atoms with van der Waals surface area (Å²) >= 11 is 0. The second-order valence-electron chi connectivity index (χ2n) is 8.02. The molecule has 0 heterocycles. The number of methoxy groups -OCH3 is 1. The summed E-state index contributed by atoms with van der Waals surface area (Å²) in [5.74, 6) is -1.47. The topological polar surface area (TPSA) is 129 Å². The number of aromatic carboxylic acids is 1. The number of phenols is 1. The van der Waals surface area contributed by atoms with Crippen molar-refractivity contribution in [2.24, 2.45) is 5.16 Å². The van der Waals surface area contributed by atoms with Gasteiger partial charge in [-0.25, -0.2) is 9.59 Å². The van der Waals surface area contributed by atoms with E-state index in [9.17, 15) is 19.9 Å². The molecule has 172 valence electrons. The van der Waals surface area contributed by atoms with Crippen LogP contribution in [0.15, 0.2) is 41.6 Å². The van der Waals surface area contributed by atoms with Gasteiger partial charge in [-0.1, -0.05) is 32.0 Å². The Morgan fingerprint density at radius 3 is 2.31 bits per heavy atom. The van der Waals surface area contributed by atoms with E-state index >= 15 is 0 Å². The fraction of sp³-hybridized carbons (Fsp3) is 0.348. The molecule has 0 radical (unpaired) electrons. The number of hydrogen-bond acceptors (Lipinski definition) is 7. The summed E-state index contributed by atoms with van der Waals surface area (Å²) < 4.78 is 10.5. The number of hydrogen-bond donors (Lipinski definition) is 3. The Balaban J connectivity index is 2.35. The summed E-state index contributed by atoms with van der Waals surface area (Å²) in [6.45, 7) is 8.12. The van der Waals surface area contributed by atoms with E-state index in [0.717, 1.165) is 5.56 Å². The van der Waals surface area contributed by atoms with Gasteiger partial charge in [0.25, 0.3) is 0 Å². The molecule has 0 aliphatic carbocycles. The van der Waals surface area contributed by atoms with Crippen LogP contribution in [-0.2, 0) is 10.2 Å². The zero-order valence-electron chi connectivity index (χ0n) is 18.7. The van der Waals surface area contributed by atoms with Crippen molar-refractivity contribution in [3.8, 4) is 11.5 Å². The highest BCUT2D eigenvalue weighted by Crippen LogP contribution is 2.34. The van der Waals surface area contributed by atoms with Gasteiger partial charge < -0.3 is 24.9 Å². The predicted octanol–water partition coefficient (Wildman–Crippen LogP) is 4.24. The lowest BCUT2D eigenvalue weighted by Gasteiger charge is -2.29. The van der Waals surface area contributed by atoms with Crippen LogP contribution >= 0.6 is 0 Å². The Hall–Kier alpha value is -3.75. The number of oxime groups is 1. The van der Waals surface area contributed by atoms with Gasteiger partial charge in [-0.3, -0.25) is 4.90 Å². The second-order valence-corrected chi connectivity index (χ2v) is 8.02. The molecule has 3 N–H and O–H groups in total. The van der Waals surface area contributed by atoms with Gasteiger partial charge in [0.1, 0.15) is 29.4 Å². The molecule has 1 amide bonds. The normalized spacial score (nSPS) is 11.7. The highest BCUT2D eigenvalue weighted by atomic mass is 16.5. The van der Waals surface area contributed by atoms with Crippen LogP contribution in [0.3, 0.4) is 0 Å². The summed E-state index contributed by atoms with van der Waals surface area (Å²) in [6.07, 6.45) is -0.477. The molecule has 0 saturated heterocycles. The third-order valence-corrected chi connectivity index (χ3v) is 4.84. The Morgan fingerprint density at radius 1 is 1.12 bits per heavy atom. The third kappa shape index (κ3) is 5.48. The standard InChI is InChI=1S/C23H28N2O7/c1-6-25(22(29)31-5)19-10-7-14(11-17(19)23(2,3)4)18(24-30)13-32-15-8-9-16(21(27)28)20(26)12-15/h7-12,26,30H,6,13H2,1-5H3,(H,27,28). The molecule has 0 spiro atoms. The quantitative estimate of drug-likeness (QED) is 0.331. The minimum absolute atomic E-state index is 0.139. The highest BCUT2D eigenvalue weighted by molar-refractivity contribution is 6.02. The first-order valence-corrected chi connectivity index (χ1v) is 9.93. The smallest absolute Gasteiger partial charge is 0.413 e. The number of anilines is 1. The SMILES string of the molecule is CCN(C(=O)OC)c1ccc(C(COc2ccc(C(=O)O)c(O)c2)=NO)cc1C(C)(C)C. The molecule has 0 bridgehead atoms. The largest absolute Gasteiger partial charge is 0.507 e. The molecule has 0 aliphatic rings. The number of aromatic hydroxyl groups is 1. The van der Waals surface area contributed by atoms with E-state index in [1.165, 1.54) is 30.2 Å². The van der Waals surface area contributed by atoms with E-state index in [1.54, 1.807) is 12.1 Å². The van der Waals surface area contributed by atoms with Gasteiger partial charge in [0, 0.05) is 18.2 Å². The molecule has 2 aromatic carbocycles. The van der Waals surface area contributed by atoms with E-state index in [4.69, 9.17) is 14.6 Å². The number of carboxylic acids is 1. The van der Waals surface area contributed by atoms with Crippen molar-refractivity contribution in [1.29, 1.82) is 0 Å². The van der Waals surface area contributed by atoms with Crippen molar-refractivity contribution >= 4 is 23.5 Å². The van der Waals surface area contributed by atoms with E-state index in [-0.39, 0.29) is 29.0 Å². The lowest BCUT2D eigenvalue weighted by atomic mass is 9.84. The van der Waals surface area contributed by atoms with Gasteiger partial charge in [-0.15, -0.1) is 0 Å². The lowest BCUT2D eigenvalue weighted by Crippen LogP contribution is -2.33. The molecule has 0 saturated carbocycles. The molecule has 0 unspecified atom stereocenters. The van der Waals surface area contributed by atoms with Crippen molar-refractivity contribution in [2.45, 2.75) is 33.1 Å². The van der Waals surface area contributed by atoms with Crippen LogP contribution in [0.2, 0.25) is 0 Å². The lowest BCUT2D eigenvalue weighted by molar-refractivity contribution is 0.0693. The summed E-state index contributed by atoms with van der Waals surface area (Å²) in [6, 6.07) is 9.09. The highest BCUT2D eigenvalue weighted by Gasteiger charge is 2.25. The van der Waals surface area contributed by atoms with Crippen molar-refractivity contribution in [3.63, 3.8) is 0 Å². The van der Waals surface area contributed by atoms with Gasteiger partial charge in [-0.2, -0.15) is 0 Å². The monoisotopic (exact) mass is 444 g/mol. The Kier molecular flexibility index (Phi) is 7.69. The minimum atomic E-state index is -1.26. The third-order valence-electron chi connectivity index (χ3n) is 4.84. The Morgan fingerprint density at radius 2 is 1.81 bits per heavy atom. The fourth-order valence-corrected chi connectivity index (χ4v) is 3.16. The van der Waals surface area contributed by atoms with Gasteiger partial charge >= 0.3 is 12.1 Å². The van der Waals surface area contributed by atoms with Crippen LogP contribution in [0.4, 0.5) is 10.5 Å². The van der Waals surface area contributed by atoms with Gasteiger partial charge in [0.15, 0.2) is 0 Å². The molecule has 9 heteroatoms. The van der Waals surface area contributed by atoms with Crippen LogP contribution in [0.25, 0.3) is 0 Å². The first-order valence-electron chi connectivity index (χ1n) is 9.93. The average molecular weight is 444 g/mol. The molecule has 2 rings (SSSR count). The number of carboxylic acid groups (broad SMARTS) is 1. The molecule has 9 nitrogen and oxygen atoms in total. The molecule has 0 fully saturated rings. The van der Waals surface area contributed by atoms with E-state index in [1.807, 2.05) is 33.8 Å². The summed E-state index contributed by atoms with van der Waals surface area (Å²) in [5.41, 5.74) is 1.73. The number of benzene rings is 2. The van der Waals surface area contributed by atoms with Crippen LogP contribution in [0, 0.1) is 0 Å². The molecular formula is C23H28N2O7. The molecular weight excluding hydrogens is 416 g/mol. The van der Waals surface area contributed by atoms with Gasteiger partial charge in [0.2, 0.25) is 0 Å². The summed E-state index contributed by atoms with van der Waals surface area (Å²) in [7, 11) is 1.32. The molecule has 0 atom stereocenters. The number of ether oxygens (including phenoxy) is 2.